The maximum absolute atomic E-state index is 11.6. The van der Waals surface area contributed by atoms with E-state index < -0.39 is 5.91 Å². The van der Waals surface area contributed by atoms with E-state index in [4.69, 9.17) is 10.5 Å². The van der Waals surface area contributed by atoms with Crippen LogP contribution in [0, 0.1) is 0 Å². The summed E-state index contributed by atoms with van der Waals surface area (Å²) in [5.74, 6) is -0.0254. The quantitative estimate of drug-likeness (QED) is 0.908. The molecular weight excluding hydrogens is 280 g/mol. The van der Waals surface area contributed by atoms with Gasteiger partial charge in [-0.1, -0.05) is 12.1 Å². The van der Waals surface area contributed by atoms with Crippen molar-refractivity contribution < 1.29 is 14.6 Å². The SMILES string of the molecule is COc1cc2c(N3CCC[C@H](O)C3)cccc2cc1C(N)=O. The topological polar surface area (TPSA) is 75.8 Å². The molecule has 3 N–H and O–H groups in total. The Balaban J connectivity index is 2.13. The fraction of sp³-hybridized carbons (Fsp3) is 0.353. The van der Waals surface area contributed by atoms with Gasteiger partial charge in [-0.15, -0.1) is 0 Å². The molecule has 5 nitrogen and oxygen atoms in total. The number of nitrogens with zero attached hydrogens (tertiary/aromatic N) is 1. The molecule has 1 heterocycles. The van der Waals surface area contributed by atoms with Crippen molar-refractivity contribution in [1.82, 2.24) is 0 Å². The number of aliphatic hydroxyl groups is 1. The van der Waals surface area contributed by atoms with E-state index in [9.17, 15) is 9.90 Å². The van der Waals surface area contributed by atoms with Crippen LogP contribution in [0.25, 0.3) is 10.8 Å². The molecule has 0 spiro atoms. The van der Waals surface area contributed by atoms with Crippen LogP contribution in [0.3, 0.4) is 0 Å². The third-order valence-corrected chi connectivity index (χ3v) is 4.18. The summed E-state index contributed by atoms with van der Waals surface area (Å²) in [6.07, 6.45) is 1.51. The first kappa shape index (κ1) is 14.7. The van der Waals surface area contributed by atoms with Crippen LogP contribution < -0.4 is 15.4 Å². The van der Waals surface area contributed by atoms with Gasteiger partial charge in [-0.05, 0) is 36.4 Å². The third kappa shape index (κ3) is 2.60. The van der Waals surface area contributed by atoms with Crippen molar-refractivity contribution in [3.05, 3.63) is 35.9 Å². The van der Waals surface area contributed by atoms with Gasteiger partial charge in [-0.2, -0.15) is 0 Å². The second kappa shape index (κ2) is 5.85. The summed E-state index contributed by atoms with van der Waals surface area (Å²) >= 11 is 0. The van der Waals surface area contributed by atoms with Gasteiger partial charge in [0.1, 0.15) is 5.75 Å². The van der Waals surface area contributed by atoms with Crippen molar-refractivity contribution in [2.75, 3.05) is 25.1 Å². The number of β-amino-alcohol motifs (C(OH)–C–C–N with tert-alkyl or cyclic N) is 1. The van der Waals surface area contributed by atoms with Gasteiger partial charge in [0.25, 0.3) is 5.91 Å². The molecule has 1 amide bonds. The van der Waals surface area contributed by atoms with Gasteiger partial charge in [0.2, 0.25) is 0 Å². The Bertz CT molecular complexity index is 714. The first-order chi connectivity index (χ1) is 10.6. The molecule has 2 aromatic carbocycles. The van der Waals surface area contributed by atoms with Crippen LogP contribution in [-0.2, 0) is 0 Å². The Morgan fingerprint density at radius 2 is 2.23 bits per heavy atom. The van der Waals surface area contributed by atoms with Crippen molar-refractivity contribution in [1.29, 1.82) is 0 Å². The summed E-state index contributed by atoms with van der Waals surface area (Å²) in [6.45, 7) is 1.54. The number of primary amides is 1. The number of rotatable bonds is 3. The Labute approximate surface area is 129 Å². The molecule has 3 rings (SSSR count). The third-order valence-electron chi connectivity index (χ3n) is 4.18. The molecule has 116 valence electrons. The van der Waals surface area contributed by atoms with E-state index in [2.05, 4.69) is 4.90 Å². The lowest BCUT2D eigenvalue weighted by Crippen LogP contribution is -2.38. The molecule has 0 bridgehead atoms. The molecule has 5 heteroatoms. The highest BCUT2D eigenvalue weighted by Crippen LogP contribution is 2.33. The van der Waals surface area contributed by atoms with Crippen LogP contribution in [0.2, 0.25) is 0 Å². The fourth-order valence-corrected chi connectivity index (χ4v) is 3.10. The van der Waals surface area contributed by atoms with Gasteiger partial charge < -0.3 is 20.5 Å². The number of piperidine rings is 1. The Kier molecular flexibility index (Phi) is 3.90. The molecule has 2 aromatic rings. The first-order valence-electron chi connectivity index (χ1n) is 7.43. The molecule has 1 aliphatic heterocycles. The highest BCUT2D eigenvalue weighted by Gasteiger charge is 2.20. The standard InChI is InChI=1S/C17H20N2O3/c1-22-16-9-13-11(8-14(16)17(18)21)4-2-6-15(13)19-7-3-5-12(20)10-19/h2,4,6,8-9,12,20H,3,5,7,10H2,1H3,(H2,18,21)/t12-/m0/s1. The molecule has 0 radical (unpaired) electrons. The molecular formula is C17H20N2O3. The zero-order valence-electron chi connectivity index (χ0n) is 12.6. The Hall–Kier alpha value is -2.27. The van der Waals surface area contributed by atoms with Crippen molar-refractivity contribution in [2.45, 2.75) is 18.9 Å². The normalized spacial score (nSPS) is 18.5. The minimum atomic E-state index is -0.502. The predicted molar refractivity (Wildman–Crippen MR) is 86.5 cm³/mol. The van der Waals surface area contributed by atoms with Gasteiger partial charge in [0, 0.05) is 24.2 Å². The summed E-state index contributed by atoms with van der Waals surface area (Å²) in [4.78, 5) is 13.7. The molecule has 0 aliphatic carbocycles. The maximum atomic E-state index is 11.6. The number of anilines is 1. The van der Waals surface area contributed by atoms with E-state index in [0.717, 1.165) is 35.8 Å². The number of methoxy groups -OCH3 is 1. The van der Waals surface area contributed by atoms with E-state index in [1.807, 2.05) is 24.3 Å². The number of hydrogen-bond acceptors (Lipinski definition) is 4. The van der Waals surface area contributed by atoms with Crippen LogP contribution in [-0.4, -0.2) is 37.3 Å². The largest absolute Gasteiger partial charge is 0.496 e. The minimum Gasteiger partial charge on any atom is -0.496 e. The van der Waals surface area contributed by atoms with E-state index in [-0.39, 0.29) is 6.10 Å². The average Bonchev–Trinajstić information content (AvgIpc) is 2.52. The van der Waals surface area contributed by atoms with E-state index in [0.29, 0.717) is 17.9 Å². The number of hydrogen-bond donors (Lipinski definition) is 2. The van der Waals surface area contributed by atoms with Gasteiger partial charge in [0.15, 0.2) is 0 Å². The number of carbonyl (C=O) groups is 1. The van der Waals surface area contributed by atoms with Crippen molar-refractivity contribution in [2.24, 2.45) is 5.73 Å². The number of benzene rings is 2. The Morgan fingerprint density at radius 3 is 2.91 bits per heavy atom. The number of amides is 1. The van der Waals surface area contributed by atoms with E-state index in [1.54, 1.807) is 6.07 Å². The monoisotopic (exact) mass is 300 g/mol. The highest BCUT2D eigenvalue weighted by atomic mass is 16.5. The van der Waals surface area contributed by atoms with Crippen molar-refractivity contribution >= 4 is 22.4 Å². The van der Waals surface area contributed by atoms with E-state index in [1.165, 1.54) is 7.11 Å². The van der Waals surface area contributed by atoms with Crippen molar-refractivity contribution in [3.63, 3.8) is 0 Å². The van der Waals surface area contributed by atoms with Gasteiger partial charge in [-0.3, -0.25) is 4.79 Å². The van der Waals surface area contributed by atoms with Gasteiger partial charge in [0.05, 0.1) is 18.8 Å². The molecule has 1 fully saturated rings. The second-order valence-electron chi connectivity index (χ2n) is 5.66. The summed E-state index contributed by atoms with van der Waals surface area (Å²) in [5.41, 5.74) is 6.85. The molecule has 1 saturated heterocycles. The van der Waals surface area contributed by atoms with E-state index >= 15 is 0 Å². The number of fused-ring (bicyclic) bond motifs is 1. The predicted octanol–water partition coefficient (Wildman–Crippen LogP) is 1.91. The summed E-state index contributed by atoms with van der Waals surface area (Å²) in [6, 6.07) is 9.55. The molecule has 0 aromatic heterocycles. The van der Waals surface area contributed by atoms with Crippen molar-refractivity contribution in [3.8, 4) is 5.75 Å². The van der Waals surface area contributed by atoms with Gasteiger partial charge in [-0.25, -0.2) is 0 Å². The number of aliphatic hydroxyl groups excluding tert-OH is 1. The van der Waals surface area contributed by atoms with Gasteiger partial charge >= 0.3 is 0 Å². The smallest absolute Gasteiger partial charge is 0.252 e. The van der Waals surface area contributed by atoms with Crippen LogP contribution in [0.15, 0.2) is 30.3 Å². The lowest BCUT2D eigenvalue weighted by atomic mass is 10.0. The lowest BCUT2D eigenvalue weighted by molar-refractivity contribution is 0.0997. The van der Waals surface area contributed by atoms with Crippen LogP contribution in [0.5, 0.6) is 5.75 Å². The number of nitrogens with two attached hydrogens (primary N) is 1. The maximum Gasteiger partial charge on any atom is 0.252 e. The summed E-state index contributed by atoms with van der Waals surface area (Å²) < 4.78 is 5.31. The summed E-state index contributed by atoms with van der Waals surface area (Å²) in [7, 11) is 1.53. The zero-order valence-corrected chi connectivity index (χ0v) is 12.6. The number of carbonyl (C=O) groups excluding carboxylic acids is 1. The molecule has 22 heavy (non-hydrogen) atoms. The average molecular weight is 300 g/mol. The van der Waals surface area contributed by atoms with Crippen LogP contribution in [0.1, 0.15) is 23.2 Å². The van der Waals surface area contributed by atoms with Crippen LogP contribution in [0.4, 0.5) is 5.69 Å². The number of ether oxygens (including phenoxy) is 1. The highest BCUT2D eigenvalue weighted by molar-refractivity contribution is 6.04. The second-order valence-corrected chi connectivity index (χ2v) is 5.66. The van der Waals surface area contributed by atoms with Crippen LogP contribution >= 0.6 is 0 Å². The molecule has 0 unspecified atom stereocenters. The minimum absolute atomic E-state index is 0.296. The molecule has 0 saturated carbocycles. The Morgan fingerprint density at radius 1 is 1.41 bits per heavy atom. The zero-order chi connectivity index (χ0) is 15.7. The molecule has 1 atom stereocenters. The molecule has 1 aliphatic rings. The fourth-order valence-electron chi connectivity index (χ4n) is 3.10. The lowest BCUT2D eigenvalue weighted by Gasteiger charge is -2.33. The summed E-state index contributed by atoms with van der Waals surface area (Å²) in [5, 5.41) is 11.8. The first-order valence-corrected chi connectivity index (χ1v) is 7.43.